The van der Waals surface area contributed by atoms with Crippen molar-refractivity contribution in [2.45, 2.75) is 4.90 Å². The number of anilines is 2. The molecule has 0 aliphatic carbocycles. The number of sulfone groups is 1. The van der Waals surface area contributed by atoms with Gasteiger partial charge in [-0.2, -0.15) is 0 Å². The molecule has 0 radical (unpaired) electrons. The number of ether oxygens (including phenoxy) is 1. The highest BCUT2D eigenvalue weighted by atomic mass is 32.2. The normalized spacial score (nSPS) is 15.6. The molecule has 1 aliphatic rings. The van der Waals surface area contributed by atoms with Crippen LogP contribution >= 0.6 is 0 Å². The summed E-state index contributed by atoms with van der Waals surface area (Å²) in [6, 6.07) is 12.0. The summed E-state index contributed by atoms with van der Waals surface area (Å²) < 4.78 is 43.3. The lowest BCUT2D eigenvalue weighted by atomic mass is 10.2. The van der Waals surface area contributed by atoms with Gasteiger partial charge in [-0.05, 0) is 30.3 Å². The van der Waals surface area contributed by atoms with Crippen molar-refractivity contribution < 1.29 is 22.3 Å². The summed E-state index contributed by atoms with van der Waals surface area (Å²) in [6.07, 6.45) is 1.15. The molecule has 0 spiro atoms. The molecule has 0 unspecified atom stereocenters. The molecular formula is C16H12FNO4S. The summed E-state index contributed by atoms with van der Waals surface area (Å²) in [6.45, 7) is 0. The highest BCUT2D eigenvalue weighted by Crippen LogP contribution is 2.39. The summed E-state index contributed by atoms with van der Waals surface area (Å²) in [5.74, 6) is -1.55. The van der Waals surface area contributed by atoms with E-state index in [0.29, 0.717) is 5.69 Å². The van der Waals surface area contributed by atoms with E-state index in [4.69, 9.17) is 0 Å². The summed E-state index contributed by atoms with van der Waals surface area (Å²) >= 11 is 0. The first-order chi connectivity index (χ1) is 10.9. The highest BCUT2D eigenvalue weighted by Gasteiger charge is 2.36. The number of carbonyl (C=O) groups excluding carboxylic acids is 1. The molecule has 23 heavy (non-hydrogen) atoms. The maximum absolute atomic E-state index is 13.6. The molecule has 3 rings (SSSR count). The smallest absolute Gasteiger partial charge is 0.351 e. The lowest BCUT2D eigenvalue weighted by Crippen LogP contribution is -2.26. The second kappa shape index (κ2) is 5.51. The number of rotatable bonds is 2. The van der Waals surface area contributed by atoms with E-state index in [1.165, 1.54) is 4.90 Å². The van der Waals surface area contributed by atoms with Crippen LogP contribution in [0.25, 0.3) is 0 Å². The number of para-hydroxylation sites is 1. The van der Waals surface area contributed by atoms with Crippen molar-refractivity contribution in [3.8, 4) is 0 Å². The summed E-state index contributed by atoms with van der Waals surface area (Å²) in [4.78, 5) is 12.7. The molecule has 0 fully saturated rings. The van der Waals surface area contributed by atoms with E-state index in [0.717, 1.165) is 31.5 Å². The van der Waals surface area contributed by atoms with Crippen molar-refractivity contribution in [1.82, 2.24) is 0 Å². The van der Waals surface area contributed by atoms with Crippen LogP contribution in [0.15, 0.2) is 64.5 Å². The Hall–Kier alpha value is -2.67. The Labute approximate surface area is 132 Å². The van der Waals surface area contributed by atoms with E-state index < -0.39 is 26.5 Å². The zero-order valence-corrected chi connectivity index (χ0v) is 12.9. The van der Waals surface area contributed by atoms with Gasteiger partial charge in [0.05, 0.1) is 17.7 Å². The Morgan fingerprint density at radius 3 is 2.48 bits per heavy atom. The van der Waals surface area contributed by atoms with Gasteiger partial charge in [0.1, 0.15) is 5.82 Å². The third kappa shape index (κ3) is 2.49. The number of esters is 1. The number of benzene rings is 2. The van der Waals surface area contributed by atoms with Crippen molar-refractivity contribution in [3.05, 3.63) is 65.5 Å². The summed E-state index contributed by atoms with van der Waals surface area (Å²) in [5, 5.41) is 0. The van der Waals surface area contributed by atoms with Gasteiger partial charge in [-0.25, -0.2) is 17.6 Å². The van der Waals surface area contributed by atoms with Gasteiger partial charge in [-0.3, -0.25) is 0 Å². The summed E-state index contributed by atoms with van der Waals surface area (Å²) in [7, 11) is -2.97. The number of nitrogens with zero attached hydrogens (tertiary/aromatic N) is 1. The molecule has 7 heteroatoms. The molecule has 118 valence electrons. The molecule has 2 aromatic rings. The zero-order chi connectivity index (χ0) is 16.6. The number of halogens is 1. The van der Waals surface area contributed by atoms with E-state index in [-0.39, 0.29) is 10.6 Å². The minimum atomic E-state index is -4.07. The van der Waals surface area contributed by atoms with Crippen LogP contribution in [0.3, 0.4) is 0 Å². The van der Waals surface area contributed by atoms with Crippen LogP contribution in [0, 0.1) is 5.82 Å². The molecule has 0 atom stereocenters. The average Bonchev–Trinajstić information content (AvgIpc) is 2.54. The van der Waals surface area contributed by atoms with Gasteiger partial charge in [-0.1, -0.05) is 18.2 Å². The summed E-state index contributed by atoms with van der Waals surface area (Å²) in [5.41, 5.74) is 0.736. The number of hydrogen-bond donors (Lipinski definition) is 0. The quantitative estimate of drug-likeness (QED) is 0.625. The second-order valence-electron chi connectivity index (χ2n) is 4.81. The molecule has 0 N–H and O–H groups in total. The minimum Gasteiger partial charge on any atom is -0.465 e. The zero-order valence-electron chi connectivity index (χ0n) is 12.1. The predicted molar refractivity (Wildman–Crippen MR) is 82.3 cm³/mol. The lowest BCUT2D eigenvalue weighted by Gasteiger charge is -2.28. The van der Waals surface area contributed by atoms with Crippen molar-refractivity contribution >= 4 is 27.2 Å². The van der Waals surface area contributed by atoms with Crippen LogP contribution in [-0.2, 0) is 19.4 Å². The fourth-order valence-electron chi connectivity index (χ4n) is 2.35. The fourth-order valence-corrected chi connectivity index (χ4v) is 3.81. The first-order valence-electron chi connectivity index (χ1n) is 6.64. The van der Waals surface area contributed by atoms with E-state index in [9.17, 15) is 17.6 Å². The number of carbonyl (C=O) groups is 1. The van der Waals surface area contributed by atoms with Crippen LogP contribution in [0.2, 0.25) is 0 Å². The molecule has 0 aromatic heterocycles. The molecule has 0 bridgehead atoms. The standard InChI is InChI=1S/C16H12FNO4S/c1-22-16(19)15-10-18(12-5-3-2-4-6-12)13-9-11(17)7-8-14(13)23(15,20)21/h2-10H,1H3. The van der Waals surface area contributed by atoms with Crippen LogP contribution < -0.4 is 4.90 Å². The Morgan fingerprint density at radius 1 is 1.13 bits per heavy atom. The largest absolute Gasteiger partial charge is 0.465 e. The SMILES string of the molecule is COC(=O)C1=CN(c2ccccc2)c2cc(F)ccc2S1(=O)=O. The van der Waals surface area contributed by atoms with E-state index in [2.05, 4.69) is 4.74 Å². The third-order valence-corrected chi connectivity index (χ3v) is 5.20. The highest BCUT2D eigenvalue weighted by molar-refractivity contribution is 7.96. The molecule has 0 amide bonds. The maximum atomic E-state index is 13.6. The minimum absolute atomic E-state index is 0.142. The number of methoxy groups -OCH3 is 1. The molecule has 0 saturated heterocycles. The van der Waals surface area contributed by atoms with Crippen LogP contribution in [0.5, 0.6) is 0 Å². The van der Waals surface area contributed by atoms with Gasteiger partial charge in [-0.15, -0.1) is 0 Å². The molecule has 1 heterocycles. The van der Waals surface area contributed by atoms with Gasteiger partial charge in [0.2, 0.25) is 9.84 Å². The van der Waals surface area contributed by atoms with Crippen molar-refractivity contribution in [2.24, 2.45) is 0 Å². The number of hydrogen-bond acceptors (Lipinski definition) is 5. The van der Waals surface area contributed by atoms with E-state index >= 15 is 0 Å². The van der Waals surface area contributed by atoms with Gasteiger partial charge < -0.3 is 9.64 Å². The Bertz CT molecular complexity index is 907. The van der Waals surface area contributed by atoms with Gasteiger partial charge >= 0.3 is 5.97 Å². The van der Waals surface area contributed by atoms with E-state index in [1.807, 2.05) is 0 Å². The molecule has 2 aromatic carbocycles. The predicted octanol–water partition coefficient (Wildman–Crippen LogP) is 2.77. The van der Waals surface area contributed by atoms with E-state index in [1.54, 1.807) is 30.3 Å². The molecule has 5 nitrogen and oxygen atoms in total. The van der Waals surface area contributed by atoms with Crippen molar-refractivity contribution in [1.29, 1.82) is 0 Å². The topological polar surface area (TPSA) is 63.7 Å². The van der Waals surface area contributed by atoms with Crippen LogP contribution in [-0.4, -0.2) is 21.5 Å². The Balaban J connectivity index is 2.30. The first-order valence-corrected chi connectivity index (χ1v) is 8.12. The van der Waals surface area contributed by atoms with Gasteiger partial charge in [0.15, 0.2) is 4.91 Å². The maximum Gasteiger partial charge on any atom is 0.351 e. The fraction of sp³-hybridized carbons (Fsp3) is 0.0625. The molecule has 0 saturated carbocycles. The molecule has 1 aliphatic heterocycles. The van der Waals surface area contributed by atoms with Gasteiger partial charge in [0.25, 0.3) is 0 Å². The Kier molecular flexibility index (Phi) is 3.65. The van der Waals surface area contributed by atoms with Gasteiger partial charge in [0, 0.05) is 11.9 Å². The second-order valence-corrected chi connectivity index (χ2v) is 6.69. The monoisotopic (exact) mass is 333 g/mol. The van der Waals surface area contributed by atoms with Crippen LogP contribution in [0.1, 0.15) is 0 Å². The third-order valence-electron chi connectivity index (χ3n) is 3.43. The molecular weight excluding hydrogens is 321 g/mol. The lowest BCUT2D eigenvalue weighted by molar-refractivity contribution is -0.135. The van der Waals surface area contributed by atoms with Crippen molar-refractivity contribution in [3.63, 3.8) is 0 Å². The number of fused-ring (bicyclic) bond motifs is 1. The van der Waals surface area contributed by atoms with Crippen molar-refractivity contribution in [2.75, 3.05) is 12.0 Å². The Morgan fingerprint density at radius 2 is 1.83 bits per heavy atom. The van der Waals surface area contributed by atoms with Crippen LogP contribution in [0.4, 0.5) is 15.8 Å². The average molecular weight is 333 g/mol. The first kappa shape index (κ1) is 15.2.